The quantitative estimate of drug-likeness (QED) is 0.377. The Morgan fingerprint density at radius 2 is 2.25 bits per heavy atom. The number of aromatic amines is 1. The van der Waals surface area contributed by atoms with Gasteiger partial charge in [-0.2, -0.15) is 0 Å². The molecular formula is C11H13BrN2O6. The number of ether oxygens (including phenoxy) is 1. The van der Waals surface area contributed by atoms with E-state index in [0.29, 0.717) is 0 Å². The number of hydrogen-bond acceptors (Lipinski definition) is 6. The first kappa shape index (κ1) is 15.1. The molecule has 0 aromatic carbocycles. The van der Waals surface area contributed by atoms with Crippen LogP contribution >= 0.6 is 15.9 Å². The van der Waals surface area contributed by atoms with Crippen LogP contribution in [-0.2, 0) is 10.5 Å². The summed E-state index contributed by atoms with van der Waals surface area (Å²) < 4.78 is 4.16. The van der Waals surface area contributed by atoms with E-state index in [4.69, 9.17) is 9.84 Å². The van der Waals surface area contributed by atoms with E-state index in [-0.39, 0.29) is 0 Å². The van der Waals surface area contributed by atoms with Crippen molar-refractivity contribution in [1.82, 2.24) is 9.55 Å². The fourth-order valence-corrected chi connectivity index (χ4v) is 2.91. The average Bonchev–Trinajstić information content (AvgIpc) is 2.59. The summed E-state index contributed by atoms with van der Waals surface area (Å²) in [6, 6.07) is 1.05. The molecule has 1 aliphatic rings. The Labute approximate surface area is 121 Å². The third-order valence-corrected chi connectivity index (χ3v) is 4.25. The standard InChI is InChI=1S/C11H13BrN2O6/c1-2-10(14-4-3-7(16)13-9(14)18)11(12,19)8(17)6(5-15)20-10/h2-4,6,8,15,17,19H,1,5H2,(H,13,16,18)/t6-,8-,10-,11-/m1/s1. The molecule has 1 aromatic rings. The largest absolute Gasteiger partial charge is 0.394 e. The molecule has 0 radical (unpaired) electrons. The van der Waals surface area contributed by atoms with Crippen molar-refractivity contribution < 1.29 is 20.1 Å². The summed E-state index contributed by atoms with van der Waals surface area (Å²) in [5.74, 6) is 0. The van der Waals surface area contributed by atoms with Gasteiger partial charge in [0.15, 0.2) is 0 Å². The second kappa shape index (κ2) is 4.93. The maximum atomic E-state index is 11.9. The molecule has 8 nitrogen and oxygen atoms in total. The summed E-state index contributed by atoms with van der Waals surface area (Å²) in [7, 11) is 0. The molecule has 4 N–H and O–H groups in total. The zero-order valence-corrected chi connectivity index (χ0v) is 11.8. The number of aromatic nitrogens is 2. The summed E-state index contributed by atoms with van der Waals surface area (Å²) in [6.07, 6.45) is -0.470. The van der Waals surface area contributed by atoms with E-state index >= 15 is 0 Å². The van der Waals surface area contributed by atoms with Gasteiger partial charge >= 0.3 is 5.69 Å². The van der Waals surface area contributed by atoms with Crippen LogP contribution in [0.1, 0.15) is 0 Å². The van der Waals surface area contributed by atoms with Crippen molar-refractivity contribution in [3.63, 3.8) is 0 Å². The van der Waals surface area contributed by atoms with Crippen LogP contribution in [0.2, 0.25) is 0 Å². The minimum Gasteiger partial charge on any atom is -0.394 e. The first-order chi connectivity index (χ1) is 9.30. The number of alkyl halides is 1. The molecule has 9 heteroatoms. The number of aliphatic hydroxyl groups is 3. The normalized spacial score (nSPS) is 37.0. The van der Waals surface area contributed by atoms with Crippen molar-refractivity contribution in [2.75, 3.05) is 6.61 Å². The van der Waals surface area contributed by atoms with E-state index in [9.17, 15) is 19.8 Å². The number of hydrogen-bond donors (Lipinski definition) is 4. The predicted molar refractivity (Wildman–Crippen MR) is 71.3 cm³/mol. The van der Waals surface area contributed by atoms with Crippen LogP contribution in [0, 0.1) is 0 Å². The van der Waals surface area contributed by atoms with Crippen molar-refractivity contribution in [2.24, 2.45) is 0 Å². The van der Waals surface area contributed by atoms with E-state index in [2.05, 4.69) is 22.5 Å². The Kier molecular flexibility index (Phi) is 3.73. The van der Waals surface area contributed by atoms with E-state index in [1.54, 1.807) is 0 Å². The molecule has 0 saturated carbocycles. The van der Waals surface area contributed by atoms with Crippen molar-refractivity contribution in [3.8, 4) is 0 Å². The number of aliphatic hydroxyl groups excluding tert-OH is 2. The highest BCUT2D eigenvalue weighted by Gasteiger charge is 2.64. The lowest BCUT2D eigenvalue weighted by molar-refractivity contribution is -0.123. The monoisotopic (exact) mass is 348 g/mol. The lowest BCUT2D eigenvalue weighted by Crippen LogP contribution is -2.56. The third-order valence-electron chi connectivity index (χ3n) is 3.22. The lowest BCUT2D eigenvalue weighted by Gasteiger charge is -2.36. The lowest BCUT2D eigenvalue weighted by atomic mass is 10.0. The molecule has 1 aliphatic heterocycles. The van der Waals surface area contributed by atoms with E-state index in [1.165, 1.54) is 0 Å². The summed E-state index contributed by atoms with van der Waals surface area (Å²) >= 11 is 2.91. The molecule has 2 heterocycles. The smallest absolute Gasteiger partial charge is 0.331 e. The maximum Gasteiger partial charge on any atom is 0.331 e. The number of H-pyrrole nitrogens is 1. The summed E-state index contributed by atoms with van der Waals surface area (Å²) in [6.45, 7) is 2.91. The van der Waals surface area contributed by atoms with Crippen LogP contribution < -0.4 is 11.2 Å². The molecule has 0 spiro atoms. The van der Waals surface area contributed by atoms with E-state index in [0.717, 1.165) is 22.9 Å². The van der Waals surface area contributed by atoms with E-state index in [1.807, 2.05) is 4.98 Å². The Morgan fingerprint density at radius 1 is 1.60 bits per heavy atom. The zero-order chi connectivity index (χ0) is 15.1. The first-order valence-corrected chi connectivity index (χ1v) is 6.43. The molecule has 2 rings (SSSR count). The van der Waals surface area contributed by atoms with Gasteiger partial charge in [0.05, 0.1) is 6.61 Å². The van der Waals surface area contributed by atoms with Gasteiger partial charge in [-0.3, -0.25) is 14.3 Å². The van der Waals surface area contributed by atoms with Gasteiger partial charge in [-0.25, -0.2) is 4.79 Å². The highest BCUT2D eigenvalue weighted by Crippen LogP contribution is 2.47. The van der Waals surface area contributed by atoms with Crippen LogP contribution in [0.5, 0.6) is 0 Å². The van der Waals surface area contributed by atoms with Crippen molar-refractivity contribution in [2.45, 2.75) is 22.4 Å². The first-order valence-electron chi connectivity index (χ1n) is 5.64. The second-order valence-corrected chi connectivity index (χ2v) is 5.55. The third kappa shape index (κ3) is 1.90. The van der Waals surface area contributed by atoms with Crippen LogP contribution in [0.25, 0.3) is 0 Å². The summed E-state index contributed by atoms with van der Waals surface area (Å²) in [5, 5.41) is 29.6. The molecule has 1 aromatic heterocycles. The van der Waals surface area contributed by atoms with Gasteiger partial charge in [-0.15, -0.1) is 0 Å². The Bertz CT molecular complexity index is 638. The summed E-state index contributed by atoms with van der Waals surface area (Å²) in [4.78, 5) is 25.0. The molecule has 1 saturated heterocycles. The highest BCUT2D eigenvalue weighted by molar-refractivity contribution is 9.10. The topological polar surface area (TPSA) is 125 Å². The Hall–Kier alpha value is -1.26. The molecule has 110 valence electrons. The SMILES string of the molecule is C=C[C@@]1(n2ccc(=O)[nH]c2=O)O[C@H](CO)[C@@H](O)[C@]1(O)Br. The minimum atomic E-state index is -2.11. The van der Waals surface area contributed by atoms with E-state index < -0.39 is 40.3 Å². The molecule has 0 unspecified atom stereocenters. The molecule has 0 bridgehead atoms. The van der Waals surface area contributed by atoms with Gasteiger partial charge in [0.1, 0.15) is 12.2 Å². The average molecular weight is 349 g/mol. The molecule has 20 heavy (non-hydrogen) atoms. The maximum absolute atomic E-state index is 11.9. The number of nitrogens with one attached hydrogen (secondary N) is 1. The Balaban J connectivity index is 2.68. The van der Waals surface area contributed by atoms with Gasteiger partial charge in [-0.1, -0.05) is 6.58 Å². The van der Waals surface area contributed by atoms with Gasteiger partial charge in [0.2, 0.25) is 10.2 Å². The summed E-state index contributed by atoms with van der Waals surface area (Å²) in [5.41, 5.74) is -3.37. The minimum absolute atomic E-state index is 0.581. The van der Waals surface area contributed by atoms with Crippen LogP contribution in [0.15, 0.2) is 34.5 Å². The number of rotatable bonds is 3. The van der Waals surface area contributed by atoms with Crippen molar-refractivity contribution in [3.05, 3.63) is 45.8 Å². The molecule has 0 aliphatic carbocycles. The van der Waals surface area contributed by atoms with Crippen LogP contribution in [0.3, 0.4) is 0 Å². The van der Waals surface area contributed by atoms with Gasteiger partial charge in [0, 0.05) is 12.3 Å². The van der Waals surface area contributed by atoms with Gasteiger partial charge in [-0.05, 0) is 22.0 Å². The number of halogens is 1. The fourth-order valence-electron chi connectivity index (χ4n) is 2.17. The van der Waals surface area contributed by atoms with Gasteiger partial charge in [0.25, 0.3) is 5.56 Å². The zero-order valence-electron chi connectivity index (χ0n) is 10.2. The van der Waals surface area contributed by atoms with Crippen molar-refractivity contribution >= 4 is 15.9 Å². The van der Waals surface area contributed by atoms with Crippen LogP contribution in [-0.4, -0.2) is 48.2 Å². The predicted octanol–water partition coefficient (Wildman–Crippen LogP) is -1.79. The Morgan fingerprint density at radius 3 is 2.70 bits per heavy atom. The van der Waals surface area contributed by atoms with Gasteiger partial charge < -0.3 is 20.1 Å². The molecular weight excluding hydrogens is 336 g/mol. The number of nitrogens with zero attached hydrogens (tertiary/aromatic N) is 1. The van der Waals surface area contributed by atoms with Crippen molar-refractivity contribution in [1.29, 1.82) is 0 Å². The molecule has 1 fully saturated rings. The van der Waals surface area contributed by atoms with Crippen LogP contribution in [0.4, 0.5) is 0 Å². The second-order valence-electron chi connectivity index (χ2n) is 4.34. The fraction of sp³-hybridized carbons (Fsp3) is 0.455. The highest BCUT2D eigenvalue weighted by atomic mass is 79.9. The molecule has 0 amide bonds. The molecule has 4 atom stereocenters.